The van der Waals surface area contributed by atoms with Crippen LogP contribution in [0.2, 0.25) is 0 Å². The van der Waals surface area contributed by atoms with E-state index in [0.29, 0.717) is 18.1 Å². The molecule has 8 nitrogen and oxygen atoms in total. The molecule has 3 aromatic rings. The number of allylic oxidation sites excluding steroid dienone is 2. The van der Waals surface area contributed by atoms with Gasteiger partial charge in [-0.1, -0.05) is 29.8 Å². The van der Waals surface area contributed by atoms with Crippen molar-refractivity contribution in [3.63, 3.8) is 0 Å². The van der Waals surface area contributed by atoms with Gasteiger partial charge in [-0.05, 0) is 44.0 Å². The molecule has 2 bridgehead atoms. The zero-order valence-corrected chi connectivity index (χ0v) is 19.0. The van der Waals surface area contributed by atoms with Gasteiger partial charge >= 0.3 is 6.03 Å². The number of fused-ring (bicyclic) bond motifs is 4. The Morgan fingerprint density at radius 3 is 3.06 bits per heavy atom. The molecule has 5 heterocycles. The molecule has 6 rings (SSSR count). The predicted molar refractivity (Wildman–Crippen MR) is 131 cm³/mol. The molecular formula is C26H26N6O2. The van der Waals surface area contributed by atoms with Crippen LogP contribution in [0.1, 0.15) is 24.2 Å². The van der Waals surface area contributed by atoms with Crippen molar-refractivity contribution >= 4 is 23.1 Å². The maximum absolute atomic E-state index is 13.6. The topological polar surface area (TPSA) is 86.5 Å². The van der Waals surface area contributed by atoms with E-state index in [1.807, 2.05) is 23.1 Å². The number of piperidine rings is 1. The van der Waals surface area contributed by atoms with Crippen molar-refractivity contribution in [2.45, 2.75) is 25.8 Å². The van der Waals surface area contributed by atoms with Crippen LogP contribution in [0.4, 0.5) is 16.3 Å². The van der Waals surface area contributed by atoms with Crippen LogP contribution in [0.3, 0.4) is 0 Å². The first-order chi connectivity index (χ1) is 16.7. The van der Waals surface area contributed by atoms with Crippen LogP contribution in [0.15, 0.2) is 71.4 Å². The van der Waals surface area contributed by atoms with Crippen molar-refractivity contribution in [2.75, 3.05) is 29.4 Å². The highest BCUT2D eigenvalue weighted by Gasteiger charge is 2.38. The van der Waals surface area contributed by atoms with Gasteiger partial charge in [0.2, 0.25) is 0 Å². The first-order valence-corrected chi connectivity index (χ1v) is 11.6. The van der Waals surface area contributed by atoms with Crippen LogP contribution >= 0.6 is 0 Å². The molecule has 0 radical (unpaired) electrons. The molecule has 1 atom stereocenters. The normalized spacial score (nSPS) is 19.0. The molecule has 1 fully saturated rings. The Morgan fingerprint density at radius 1 is 1.26 bits per heavy atom. The number of urea groups is 1. The molecule has 0 saturated carbocycles. The number of benzene rings is 1. The number of nitrogens with zero attached hydrogens (tertiary/aromatic N) is 4. The fourth-order valence-corrected chi connectivity index (χ4v) is 4.97. The summed E-state index contributed by atoms with van der Waals surface area (Å²) in [5.74, 6) is 2.02. The summed E-state index contributed by atoms with van der Waals surface area (Å²) in [6, 6.07) is 12.3. The van der Waals surface area contributed by atoms with Crippen molar-refractivity contribution in [3.8, 4) is 11.3 Å². The van der Waals surface area contributed by atoms with E-state index in [1.165, 1.54) is 12.0 Å². The second kappa shape index (κ2) is 8.37. The standard InChI is InChI=1S/C26H26N6O2/c1-17-4-2-5-18(12-17)21-7-8-22-25(29-21)32(20-6-3-11-31(22)15-20)26(33)30-24-13-19(9-10-28-24)23-14-27-16-34-23/h2,4-5,7-9,12-14,16,20,28H,3,6,10-11,15H2,1H3,(H,30,33)/t20-/m0/s1. The lowest BCUT2D eigenvalue weighted by Crippen LogP contribution is -2.57. The maximum Gasteiger partial charge on any atom is 0.328 e. The van der Waals surface area contributed by atoms with Crippen molar-refractivity contribution in [1.29, 1.82) is 0 Å². The predicted octanol–water partition coefficient (Wildman–Crippen LogP) is 4.07. The highest BCUT2D eigenvalue weighted by Crippen LogP contribution is 2.39. The number of amides is 2. The number of nitrogens with one attached hydrogen (secondary N) is 2. The fourth-order valence-electron chi connectivity index (χ4n) is 4.97. The Labute approximate surface area is 198 Å². The van der Waals surface area contributed by atoms with Gasteiger partial charge in [-0.3, -0.25) is 10.2 Å². The molecule has 3 aliphatic heterocycles. The van der Waals surface area contributed by atoms with Gasteiger partial charge in [-0.2, -0.15) is 0 Å². The van der Waals surface area contributed by atoms with E-state index in [-0.39, 0.29) is 12.1 Å². The summed E-state index contributed by atoms with van der Waals surface area (Å²) in [6.45, 7) is 4.47. The molecule has 172 valence electrons. The monoisotopic (exact) mass is 454 g/mol. The Hall–Kier alpha value is -4.07. The molecular weight excluding hydrogens is 428 g/mol. The summed E-state index contributed by atoms with van der Waals surface area (Å²) >= 11 is 0. The number of carbonyl (C=O) groups is 1. The van der Waals surface area contributed by atoms with E-state index in [2.05, 4.69) is 57.8 Å². The van der Waals surface area contributed by atoms with Crippen LogP contribution < -0.4 is 20.4 Å². The van der Waals surface area contributed by atoms with Crippen LogP contribution in [0, 0.1) is 6.92 Å². The quantitative estimate of drug-likeness (QED) is 0.621. The first-order valence-electron chi connectivity index (χ1n) is 11.6. The van der Waals surface area contributed by atoms with Gasteiger partial charge in [-0.15, -0.1) is 0 Å². The average Bonchev–Trinajstić information content (AvgIpc) is 3.39. The lowest BCUT2D eigenvalue weighted by Gasteiger charge is -2.46. The Balaban J connectivity index is 1.34. The summed E-state index contributed by atoms with van der Waals surface area (Å²) in [5.41, 5.74) is 4.99. The molecule has 0 aliphatic carbocycles. The SMILES string of the molecule is Cc1cccc(-c2ccc3c(n2)N(C(=O)NC2=CC(c4cnco4)=CCN2)[C@H]2CCCN3C2)c1. The van der Waals surface area contributed by atoms with Crippen LogP contribution in [0.5, 0.6) is 0 Å². The second-order valence-electron chi connectivity index (χ2n) is 8.91. The summed E-state index contributed by atoms with van der Waals surface area (Å²) in [5, 5.41) is 6.31. The number of hydrogen-bond acceptors (Lipinski definition) is 6. The average molecular weight is 455 g/mol. The third-order valence-corrected chi connectivity index (χ3v) is 6.59. The summed E-state index contributed by atoms with van der Waals surface area (Å²) in [4.78, 5) is 26.8. The van der Waals surface area contributed by atoms with E-state index in [4.69, 9.17) is 9.40 Å². The third kappa shape index (κ3) is 3.71. The molecule has 8 heteroatoms. The fraction of sp³-hybridized carbons (Fsp3) is 0.269. The minimum absolute atomic E-state index is 0.0787. The first kappa shape index (κ1) is 20.5. The summed E-state index contributed by atoms with van der Waals surface area (Å²) in [6.07, 6.45) is 8.95. The Morgan fingerprint density at radius 2 is 2.21 bits per heavy atom. The lowest BCUT2D eigenvalue weighted by atomic mass is 9.99. The van der Waals surface area contributed by atoms with Crippen LogP contribution in [-0.2, 0) is 0 Å². The van der Waals surface area contributed by atoms with Gasteiger partial charge in [-0.25, -0.2) is 14.8 Å². The molecule has 2 aromatic heterocycles. The lowest BCUT2D eigenvalue weighted by molar-refractivity contribution is 0.243. The van der Waals surface area contributed by atoms with E-state index in [9.17, 15) is 4.79 Å². The number of anilines is 2. The molecule has 0 spiro atoms. The summed E-state index contributed by atoms with van der Waals surface area (Å²) < 4.78 is 5.42. The highest BCUT2D eigenvalue weighted by molar-refractivity contribution is 5.98. The van der Waals surface area contributed by atoms with E-state index in [0.717, 1.165) is 54.3 Å². The van der Waals surface area contributed by atoms with Crippen molar-refractivity contribution in [2.24, 2.45) is 0 Å². The van der Waals surface area contributed by atoms with E-state index < -0.39 is 0 Å². The molecule has 2 amide bonds. The smallest absolute Gasteiger partial charge is 0.328 e. The maximum atomic E-state index is 13.6. The summed E-state index contributed by atoms with van der Waals surface area (Å²) in [7, 11) is 0. The zero-order valence-electron chi connectivity index (χ0n) is 19.0. The molecule has 1 aromatic carbocycles. The molecule has 34 heavy (non-hydrogen) atoms. The molecule has 2 N–H and O–H groups in total. The Bertz CT molecular complexity index is 1300. The highest BCUT2D eigenvalue weighted by atomic mass is 16.3. The largest absolute Gasteiger partial charge is 0.444 e. The number of hydrogen-bond donors (Lipinski definition) is 2. The number of carbonyl (C=O) groups excluding carboxylic acids is 1. The number of aromatic nitrogens is 2. The minimum Gasteiger partial charge on any atom is -0.444 e. The molecule has 0 unspecified atom stereocenters. The van der Waals surface area contributed by atoms with Gasteiger partial charge in [0.1, 0.15) is 5.82 Å². The number of pyridine rings is 1. The van der Waals surface area contributed by atoms with Crippen LogP contribution in [0.25, 0.3) is 16.8 Å². The van der Waals surface area contributed by atoms with Gasteiger partial charge in [0, 0.05) is 30.8 Å². The van der Waals surface area contributed by atoms with Gasteiger partial charge in [0.05, 0.1) is 23.6 Å². The Kier molecular flexibility index (Phi) is 5.05. The minimum atomic E-state index is -0.181. The zero-order chi connectivity index (χ0) is 23.1. The van der Waals surface area contributed by atoms with Gasteiger partial charge in [0.15, 0.2) is 18.0 Å². The second-order valence-corrected chi connectivity index (χ2v) is 8.91. The van der Waals surface area contributed by atoms with E-state index in [1.54, 1.807) is 6.20 Å². The molecule has 1 saturated heterocycles. The number of rotatable bonds is 3. The van der Waals surface area contributed by atoms with E-state index >= 15 is 0 Å². The van der Waals surface area contributed by atoms with Gasteiger partial charge in [0.25, 0.3) is 0 Å². The van der Waals surface area contributed by atoms with Crippen molar-refractivity contribution in [1.82, 2.24) is 20.6 Å². The number of dihydropyridines is 1. The third-order valence-electron chi connectivity index (χ3n) is 6.59. The van der Waals surface area contributed by atoms with Gasteiger partial charge < -0.3 is 14.6 Å². The van der Waals surface area contributed by atoms with Crippen molar-refractivity contribution < 1.29 is 9.21 Å². The van der Waals surface area contributed by atoms with Crippen LogP contribution in [-0.4, -0.2) is 41.7 Å². The number of aryl methyl sites for hydroxylation is 1. The number of oxazole rings is 1. The van der Waals surface area contributed by atoms with Crippen molar-refractivity contribution in [3.05, 3.63) is 78.3 Å². The molecule has 3 aliphatic rings.